The van der Waals surface area contributed by atoms with Crippen LogP contribution in [-0.4, -0.2) is 46.8 Å². The summed E-state index contributed by atoms with van der Waals surface area (Å²) in [5.41, 5.74) is 7.32. The van der Waals surface area contributed by atoms with Gasteiger partial charge < -0.3 is 26.2 Å². The molecule has 7 heteroatoms. The Morgan fingerprint density at radius 3 is 2.56 bits per heavy atom. The first kappa shape index (κ1) is 25.1. The normalized spacial score (nSPS) is 34.4. The van der Waals surface area contributed by atoms with Gasteiger partial charge in [0.25, 0.3) is 5.91 Å². The number of primary amides is 1. The highest BCUT2D eigenvalue weighted by Crippen LogP contribution is 2.68. The highest BCUT2D eigenvalue weighted by molar-refractivity contribution is 5.97. The molecule has 3 saturated carbocycles. The highest BCUT2D eigenvalue weighted by atomic mass is 16.5. The third-order valence-electron chi connectivity index (χ3n) is 10.4. The van der Waals surface area contributed by atoms with Crippen LogP contribution in [0.4, 0.5) is 0 Å². The fraction of sp³-hybridized carbons (Fsp3) is 0.562. The number of carbonyl (C=O) groups excluding carboxylic acids is 2. The van der Waals surface area contributed by atoms with Crippen LogP contribution in [0.25, 0.3) is 0 Å². The molecule has 0 radical (unpaired) electrons. The maximum absolute atomic E-state index is 13.9. The third kappa shape index (κ3) is 3.62. The molecular weight excluding hydrogens is 490 g/mol. The molecule has 2 amide bonds. The number of benzene rings is 2. The van der Waals surface area contributed by atoms with Gasteiger partial charge in [-0.3, -0.25) is 9.59 Å². The first-order valence-corrected chi connectivity index (χ1v) is 14.6. The molecule has 6 atom stereocenters. The summed E-state index contributed by atoms with van der Waals surface area (Å²) in [7, 11) is 0. The number of amides is 2. The molecule has 0 saturated heterocycles. The molecule has 1 heterocycles. The Morgan fingerprint density at radius 2 is 1.87 bits per heavy atom. The van der Waals surface area contributed by atoms with Crippen molar-refractivity contribution >= 4 is 11.8 Å². The average Bonchev–Trinajstić information content (AvgIpc) is 3.61. The summed E-state index contributed by atoms with van der Waals surface area (Å²) in [6.07, 6.45) is 5.41. The van der Waals surface area contributed by atoms with Gasteiger partial charge in [0.1, 0.15) is 11.9 Å². The zero-order chi connectivity index (χ0) is 27.2. The zero-order valence-electron chi connectivity index (χ0n) is 22.8. The summed E-state index contributed by atoms with van der Waals surface area (Å²) < 4.78 is 6.72. The van der Waals surface area contributed by atoms with Gasteiger partial charge in [-0.1, -0.05) is 50.2 Å². The monoisotopic (exact) mass is 529 g/mol. The summed E-state index contributed by atoms with van der Waals surface area (Å²) in [5.74, 6) is 0.505. The van der Waals surface area contributed by atoms with E-state index in [0.717, 1.165) is 42.0 Å². The van der Waals surface area contributed by atoms with E-state index >= 15 is 0 Å². The quantitative estimate of drug-likeness (QED) is 0.419. The van der Waals surface area contributed by atoms with Crippen molar-refractivity contribution < 1.29 is 19.4 Å². The zero-order valence-corrected chi connectivity index (χ0v) is 22.8. The van der Waals surface area contributed by atoms with Crippen molar-refractivity contribution in [1.29, 1.82) is 0 Å². The van der Waals surface area contributed by atoms with E-state index in [2.05, 4.69) is 24.5 Å². The summed E-state index contributed by atoms with van der Waals surface area (Å²) in [6.45, 7) is 5.11. The fourth-order valence-electron chi connectivity index (χ4n) is 8.67. The van der Waals surface area contributed by atoms with E-state index in [1.165, 1.54) is 12.8 Å². The number of hydrogen-bond donors (Lipinski definition) is 4. The predicted molar refractivity (Wildman–Crippen MR) is 148 cm³/mol. The van der Waals surface area contributed by atoms with E-state index in [1.807, 2.05) is 36.4 Å². The maximum atomic E-state index is 13.9. The van der Waals surface area contributed by atoms with E-state index in [9.17, 15) is 14.7 Å². The third-order valence-corrected chi connectivity index (χ3v) is 10.4. The van der Waals surface area contributed by atoms with Crippen LogP contribution in [0, 0.1) is 11.8 Å². The molecule has 7 nitrogen and oxygen atoms in total. The first-order chi connectivity index (χ1) is 18.7. The van der Waals surface area contributed by atoms with Gasteiger partial charge in [-0.05, 0) is 80.5 Å². The topological polar surface area (TPSA) is 114 Å². The van der Waals surface area contributed by atoms with Crippen molar-refractivity contribution in [2.45, 2.75) is 93.4 Å². The van der Waals surface area contributed by atoms with Gasteiger partial charge in [0.15, 0.2) is 0 Å². The lowest BCUT2D eigenvalue weighted by atomic mass is 9.57. The largest absolute Gasteiger partial charge is 0.486 e. The first-order valence-electron chi connectivity index (χ1n) is 14.6. The van der Waals surface area contributed by atoms with Crippen molar-refractivity contribution in [3.63, 3.8) is 0 Å². The van der Waals surface area contributed by atoms with Gasteiger partial charge in [-0.15, -0.1) is 0 Å². The Balaban J connectivity index is 1.28. The molecule has 1 spiro atoms. The molecule has 2 bridgehead atoms. The van der Waals surface area contributed by atoms with Gasteiger partial charge in [-0.2, -0.15) is 0 Å². The Labute approximate surface area is 229 Å². The molecule has 7 rings (SSSR count). The lowest BCUT2D eigenvalue weighted by Crippen LogP contribution is -2.66. The van der Waals surface area contributed by atoms with Crippen LogP contribution in [0.15, 0.2) is 42.5 Å². The molecule has 1 aliphatic heterocycles. The molecule has 206 valence electrons. The average molecular weight is 530 g/mol. The number of aliphatic hydroxyl groups is 1. The van der Waals surface area contributed by atoms with Crippen LogP contribution in [-0.2, 0) is 16.6 Å². The second kappa shape index (κ2) is 8.55. The Hall–Kier alpha value is -2.90. The minimum absolute atomic E-state index is 0.0233. The number of nitrogens with two attached hydrogens (primary N) is 1. The van der Waals surface area contributed by atoms with Crippen molar-refractivity contribution in [3.8, 4) is 5.75 Å². The van der Waals surface area contributed by atoms with Gasteiger partial charge in [-0.25, -0.2) is 0 Å². The Morgan fingerprint density at radius 1 is 1.10 bits per heavy atom. The molecule has 4 aliphatic carbocycles. The number of carbonyl (C=O) groups is 2. The van der Waals surface area contributed by atoms with Crippen LogP contribution < -0.4 is 21.1 Å². The molecule has 6 unspecified atom stereocenters. The minimum Gasteiger partial charge on any atom is -0.486 e. The summed E-state index contributed by atoms with van der Waals surface area (Å²) in [4.78, 5) is 26.4. The van der Waals surface area contributed by atoms with E-state index in [1.54, 1.807) is 6.07 Å². The van der Waals surface area contributed by atoms with Crippen molar-refractivity contribution in [2.75, 3.05) is 6.54 Å². The Kier molecular flexibility index (Phi) is 5.50. The number of hydrogen-bond acceptors (Lipinski definition) is 5. The predicted octanol–water partition coefficient (Wildman–Crippen LogP) is 3.32. The van der Waals surface area contributed by atoms with Crippen molar-refractivity contribution in [1.82, 2.24) is 10.6 Å². The molecule has 5 aliphatic rings. The van der Waals surface area contributed by atoms with Crippen LogP contribution >= 0.6 is 0 Å². The van der Waals surface area contributed by atoms with E-state index in [-0.39, 0.29) is 29.3 Å². The lowest BCUT2D eigenvalue weighted by Gasteiger charge is -2.51. The van der Waals surface area contributed by atoms with Crippen LogP contribution in [0.5, 0.6) is 5.75 Å². The van der Waals surface area contributed by atoms with Gasteiger partial charge in [0.05, 0.1) is 28.5 Å². The van der Waals surface area contributed by atoms with E-state index < -0.39 is 23.0 Å². The molecular formula is C32H39N3O4. The molecule has 2 aromatic carbocycles. The van der Waals surface area contributed by atoms with Gasteiger partial charge in [0.2, 0.25) is 5.91 Å². The van der Waals surface area contributed by atoms with Crippen molar-refractivity contribution in [2.24, 2.45) is 17.6 Å². The molecule has 2 aromatic rings. The molecule has 5 N–H and O–H groups in total. The van der Waals surface area contributed by atoms with Crippen LogP contribution in [0.2, 0.25) is 0 Å². The number of nitrogens with one attached hydrogen (secondary N) is 2. The van der Waals surface area contributed by atoms with Gasteiger partial charge >= 0.3 is 0 Å². The number of ether oxygens (including phenoxy) is 1. The fourth-order valence-corrected chi connectivity index (χ4v) is 8.67. The summed E-state index contributed by atoms with van der Waals surface area (Å²) in [6, 6.07) is 13.4. The lowest BCUT2D eigenvalue weighted by molar-refractivity contribution is -0.130. The van der Waals surface area contributed by atoms with E-state index in [4.69, 9.17) is 10.5 Å². The standard InChI is InChI=1S/C32H39N3O4/c1-18(2)24(20-6-4-3-5-7-20)29(37)35-23-12-13-31(38)16-30(34-15-19-8-9-19)14-21-10-11-22(28(33)36)26-25(21)32(31,17-30)27(23)39-26/h3-7,10-11,18-19,23-24,27,34,38H,8-9,12-17H2,1-2H3,(H2,33,36)(H,35,37). The molecule has 39 heavy (non-hydrogen) atoms. The van der Waals surface area contributed by atoms with Gasteiger partial charge in [0, 0.05) is 11.1 Å². The Bertz CT molecular complexity index is 1340. The summed E-state index contributed by atoms with van der Waals surface area (Å²) in [5, 5.41) is 19.8. The van der Waals surface area contributed by atoms with Crippen molar-refractivity contribution in [3.05, 3.63) is 64.7 Å². The number of rotatable bonds is 8. The second-order valence-electron chi connectivity index (χ2n) is 13.3. The molecule has 3 fully saturated rings. The van der Waals surface area contributed by atoms with Crippen LogP contribution in [0.3, 0.4) is 0 Å². The highest BCUT2D eigenvalue weighted by Gasteiger charge is 2.75. The minimum atomic E-state index is -0.987. The molecule has 0 aromatic heterocycles. The number of fused-ring (bicyclic) bond motifs is 1. The maximum Gasteiger partial charge on any atom is 0.252 e. The second-order valence-corrected chi connectivity index (χ2v) is 13.3. The van der Waals surface area contributed by atoms with Crippen LogP contribution in [0.1, 0.15) is 85.3 Å². The summed E-state index contributed by atoms with van der Waals surface area (Å²) >= 11 is 0. The van der Waals surface area contributed by atoms with E-state index in [0.29, 0.717) is 30.6 Å². The smallest absolute Gasteiger partial charge is 0.252 e. The SMILES string of the molecule is CC(C)C(C(=O)NC1CCC2(O)CC3(NCC4CC4)Cc4ccc(C(N)=O)c5c4C2(C3)C1O5)c1ccccc1.